The molecular weight excluding hydrogens is 396 g/mol. The van der Waals surface area contributed by atoms with Crippen molar-refractivity contribution in [3.63, 3.8) is 0 Å². The Balaban J connectivity index is 2.69. The minimum absolute atomic E-state index is 0.240. The number of anilines is 1. The second kappa shape index (κ2) is 6.72. The monoisotopic (exact) mass is 411 g/mol. The topological polar surface area (TPSA) is 107 Å². The molecule has 3 N–H and O–H groups in total. The lowest BCUT2D eigenvalue weighted by Crippen LogP contribution is -2.47. The number of alkyl halides is 6. The Labute approximate surface area is 154 Å². The fourth-order valence-corrected chi connectivity index (χ4v) is 2.67. The van der Waals surface area contributed by atoms with E-state index in [1.54, 1.807) is 19.9 Å². The molecule has 2 aromatic heterocycles. The van der Waals surface area contributed by atoms with Crippen LogP contribution in [0.3, 0.4) is 0 Å². The Hall–Kier alpha value is -2.70. The van der Waals surface area contributed by atoms with Crippen molar-refractivity contribution in [3.8, 4) is 5.95 Å². The number of carbonyl (C=O) groups excluding carboxylic acids is 1. The Bertz CT molecular complexity index is 901. The van der Waals surface area contributed by atoms with Gasteiger partial charge in [0.25, 0.3) is 5.95 Å². The van der Waals surface area contributed by atoms with Crippen LogP contribution in [0.25, 0.3) is 5.95 Å². The fourth-order valence-electron chi connectivity index (χ4n) is 2.67. The quantitative estimate of drug-likeness (QED) is 0.749. The van der Waals surface area contributed by atoms with Crippen molar-refractivity contribution in [2.75, 3.05) is 5.73 Å². The summed E-state index contributed by atoms with van der Waals surface area (Å²) in [4.78, 5) is 19.1. The summed E-state index contributed by atoms with van der Waals surface area (Å²) in [6.07, 6.45) is -13.5. The van der Waals surface area contributed by atoms with E-state index in [-0.39, 0.29) is 5.95 Å². The minimum atomic E-state index is -5.65. The summed E-state index contributed by atoms with van der Waals surface area (Å²) in [5.74, 6) is -3.84. The lowest BCUT2D eigenvalue weighted by Gasteiger charge is -2.30. The maximum absolute atomic E-state index is 13.5. The van der Waals surface area contributed by atoms with E-state index in [2.05, 4.69) is 15.1 Å². The van der Waals surface area contributed by atoms with Crippen molar-refractivity contribution in [2.24, 2.45) is 0 Å². The molecule has 1 atom stereocenters. The van der Waals surface area contributed by atoms with Gasteiger partial charge in [0.1, 0.15) is 5.82 Å². The van der Waals surface area contributed by atoms with E-state index in [1.165, 1.54) is 0 Å². The predicted octanol–water partition coefficient (Wildman–Crippen LogP) is 2.44. The van der Waals surface area contributed by atoms with Gasteiger partial charge in [-0.1, -0.05) is 0 Å². The lowest BCUT2D eigenvalue weighted by atomic mass is 9.87. The zero-order valence-electron chi connectivity index (χ0n) is 14.8. The molecule has 7 nitrogen and oxygen atoms in total. The highest BCUT2D eigenvalue weighted by Crippen LogP contribution is 2.46. The maximum atomic E-state index is 13.5. The summed E-state index contributed by atoms with van der Waals surface area (Å²) in [6, 6.07) is 1.56. The molecule has 13 heteroatoms. The van der Waals surface area contributed by atoms with Crippen LogP contribution >= 0.6 is 0 Å². The van der Waals surface area contributed by atoms with Crippen molar-refractivity contribution in [1.82, 2.24) is 19.7 Å². The zero-order valence-corrected chi connectivity index (χ0v) is 14.8. The van der Waals surface area contributed by atoms with Gasteiger partial charge in [0.05, 0.1) is 17.7 Å². The van der Waals surface area contributed by atoms with Gasteiger partial charge < -0.3 is 10.8 Å². The van der Waals surface area contributed by atoms with Crippen LogP contribution in [0.4, 0.5) is 32.2 Å². The summed E-state index contributed by atoms with van der Waals surface area (Å²) in [5.41, 5.74) is 0.621. The number of aromatic nitrogens is 4. The van der Waals surface area contributed by atoms with Crippen molar-refractivity contribution in [1.29, 1.82) is 0 Å². The number of Topliss-reactive ketones (excluding diaryl/α,β-unsaturated/α-hetero) is 1. The van der Waals surface area contributed by atoms with Crippen LogP contribution in [0, 0.1) is 20.8 Å². The zero-order chi connectivity index (χ0) is 21.7. The van der Waals surface area contributed by atoms with E-state index in [4.69, 9.17) is 5.73 Å². The molecule has 2 rings (SSSR count). The van der Waals surface area contributed by atoms with Crippen LogP contribution in [0.15, 0.2) is 6.07 Å². The van der Waals surface area contributed by atoms with Crippen LogP contribution in [0.1, 0.15) is 29.1 Å². The van der Waals surface area contributed by atoms with Crippen LogP contribution in [-0.2, 0) is 10.4 Å². The average Bonchev–Trinajstić information content (AvgIpc) is 2.79. The highest BCUT2D eigenvalue weighted by molar-refractivity contribution is 5.85. The maximum Gasteiger partial charge on any atom is 0.450 e. The van der Waals surface area contributed by atoms with Gasteiger partial charge in [0, 0.05) is 11.4 Å². The van der Waals surface area contributed by atoms with Gasteiger partial charge in [-0.15, -0.1) is 0 Å². The van der Waals surface area contributed by atoms with Gasteiger partial charge >= 0.3 is 12.4 Å². The van der Waals surface area contributed by atoms with E-state index in [0.717, 1.165) is 6.92 Å². The molecule has 0 radical (unpaired) electrons. The summed E-state index contributed by atoms with van der Waals surface area (Å²) in [5, 5.41) is 13.9. The number of ketones is 1. The molecule has 2 heterocycles. The molecule has 0 aromatic carbocycles. The number of nitrogens with zero attached hydrogens (tertiary/aromatic N) is 4. The molecule has 0 spiro atoms. The van der Waals surface area contributed by atoms with E-state index < -0.39 is 47.2 Å². The van der Waals surface area contributed by atoms with Crippen LogP contribution in [-0.4, -0.2) is 43.0 Å². The van der Waals surface area contributed by atoms with Gasteiger partial charge in [-0.2, -0.15) is 36.1 Å². The van der Waals surface area contributed by atoms with Gasteiger partial charge in [-0.05, 0) is 26.8 Å². The highest BCUT2D eigenvalue weighted by Gasteiger charge is 2.61. The average molecular weight is 411 g/mol. The smallest absolute Gasteiger partial charge is 0.383 e. The van der Waals surface area contributed by atoms with Crippen LogP contribution < -0.4 is 5.73 Å². The van der Waals surface area contributed by atoms with Crippen molar-refractivity contribution >= 4 is 11.6 Å². The summed E-state index contributed by atoms with van der Waals surface area (Å²) < 4.78 is 78.9. The third-order valence-corrected chi connectivity index (χ3v) is 3.87. The first-order chi connectivity index (χ1) is 12.6. The highest BCUT2D eigenvalue weighted by atomic mass is 19.4. The lowest BCUT2D eigenvalue weighted by molar-refractivity contribution is -0.270. The number of aliphatic hydroxyl groups is 1. The van der Waals surface area contributed by atoms with Gasteiger partial charge in [0.15, 0.2) is 5.60 Å². The van der Waals surface area contributed by atoms with E-state index >= 15 is 0 Å². The molecule has 0 aliphatic rings. The van der Waals surface area contributed by atoms with Crippen molar-refractivity contribution < 1.29 is 36.2 Å². The normalized spacial score (nSPS) is 14.8. The summed E-state index contributed by atoms with van der Waals surface area (Å²) >= 11 is 0. The molecule has 28 heavy (non-hydrogen) atoms. The first-order valence-corrected chi connectivity index (χ1v) is 7.65. The first-order valence-electron chi connectivity index (χ1n) is 7.65. The molecule has 0 fully saturated rings. The van der Waals surface area contributed by atoms with Crippen molar-refractivity contribution in [3.05, 3.63) is 28.7 Å². The molecule has 154 valence electrons. The number of nitrogen functional groups attached to an aromatic ring is 1. The largest absolute Gasteiger partial charge is 0.450 e. The molecular formula is C15H15F6N5O2. The number of hydrogen-bond acceptors (Lipinski definition) is 6. The molecule has 0 saturated heterocycles. The molecule has 0 aliphatic heterocycles. The molecule has 0 aliphatic carbocycles. The number of halogens is 6. The Morgan fingerprint density at radius 1 is 1.11 bits per heavy atom. The van der Waals surface area contributed by atoms with Gasteiger partial charge in [0.2, 0.25) is 5.78 Å². The van der Waals surface area contributed by atoms with E-state index in [1.807, 2.05) is 0 Å². The van der Waals surface area contributed by atoms with Crippen molar-refractivity contribution in [2.45, 2.75) is 45.1 Å². The standard InChI is InChI=1S/C15H15F6N5O2/c1-6-4-7(2)24-12(23-6)26-11(22)10(8(3)25-26)13(28,15(19,20)21)5-9(27)14(16,17)18/h4,28H,5,22H2,1-3H3/t13-/m1/s1. The predicted molar refractivity (Wildman–Crippen MR) is 83.4 cm³/mol. The fraction of sp³-hybridized carbons (Fsp3) is 0.467. The number of carbonyl (C=O) groups is 1. The van der Waals surface area contributed by atoms with Crippen LogP contribution in [0.5, 0.6) is 0 Å². The van der Waals surface area contributed by atoms with E-state index in [0.29, 0.717) is 16.1 Å². The Morgan fingerprint density at radius 2 is 1.61 bits per heavy atom. The van der Waals surface area contributed by atoms with Gasteiger partial charge in [-0.25, -0.2) is 9.97 Å². The number of rotatable bonds is 4. The minimum Gasteiger partial charge on any atom is -0.383 e. The van der Waals surface area contributed by atoms with Crippen LogP contribution in [0.2, 0.25) is 0 Å². The Morgan fingerprint density at radius 3 is 2.04 bits per heavy atom. The summed E-state index contributed by atoms with van der Waals surface area (Å²) in [7, 11) is 0. The Kier molecular flexibility index (Phi) is 5.19. The third-order valence-electron chi connectivity index (χ3n) is 3.87. The second-order valence-corrected chi connectivity index (χ2v) is 6.16. The molecule has 0 saturated carbocycles. The second-order valence-electron chi connectivity index (χ2n) is 6.16. The molecule has 0 amide bonds. The molecule has 0 unspecified atom stereocenters. The van der Waals surface area contributed by atoms with E-state index in [9.17, 15) is 36.2 Å². The van der Waals surface area contributed by atoms with Gasteiger partial charge in [-0.3, -0.25) is 4.79 Å². The number of aryl methyl sites for hydroxylation is 3. The molecule has 0 bridgehead atoms. The SMILES string of the molecule is Cc1cc(C)nc(-n2nc(C)c([C@](O)(CC(=O)C(F)(F)F)C(F)(F)F)c2N)n1. The number of hydrogen-bond donors (Lipinski definition) is 2. The molecule has 2 aromatic rings. The summed E-state index contributed by atoms with van der Waals surface area (Å²) in [6.45, 7) is 4.14. The third kappa shape index (κ3) is 3.79. The first kappa shape index (κ1) is 21.6. The number of nitrogens with two attached hydrogens (primary N) is 1.